The van der Waals surface area contributed by atoms with Crippen molar-refractivity contribution in [2.45, 2.75) is 49.2 Å². The van der Waals surface area contributed by atoms with E-state index in [0.29, 0.717) is 0 Å². The molecule has 7 heterocycles. The van der Waals surface area contributed by atoms with Gasteiger partial charge in [-0.05, 0) is 0 Å². The average molecular weight is 678 g/mol. The first-order chi connectivity index (χ1) is 21.3. The van der Waals surface area contributed by atoms with Gasteiger partial charge in [0, 0.05) is 0 Å². The van der Waals surface area contributed by atoms with E-state index in [1.165, 1.54) is 0 Å². The van der Waals surface area contributed by atoms with Gasteiger partial charge >= 0.3 is 15.6 Å². The van der Waals surface area contributed by atoms with Crippen molar-refractivity contribution in [1.82, 2.24) is 39.0 Å². The summed E-state index contributed by atoms with van der Waals surface area (Å²) in [5.41, 5.74) is 10.4. The third-order valence-corrected chi connectivity index (χ3v) is 9.20. The summed E-state index contributed by atoms with van der Waals surface area (Å²) >= 11 is 0. The molecule has 0 radical (unpaired) electrons. The van der Waals surface area contributed by atoms with E-state index in [9.17, 15) is 23.7 Å². The maximum atomic E-state index is 15.9. The van der Waals surface area contributed by atoms with Crippen molar-refractivity contribution < 1.29 is 55.3 Å². The zero-order valence-electron chi connectivity index (χ0n) is 22.3. The normalized spacial score (nSPS) is 37.7. The van der Waals surface area contributed by atoms with Crippen molar-refractivity contribution in [1.29, 1.82) is 0 Å². The predicted molar refractivity (Wildman–Crippen MR) is 141 cm³/mol. The number of aromatic amines is 1. The zero-order valence-corrected chi connectivity index (χ0v) is 24.1. The van der Waals surface area contributed by atoms with Crippen molar-refractivity contribution in [2.75, 3.05) is 24.7 Å². The predicted octanol–water partition coefficient (Wildman–Crippen LogP) is -0.387. The molecule has 45 heavy (non-hydrogen) atoms. The number of alkyl halides is 2. The molecule has 0 amide bonds. The van der Waals surface area contributed by atoms with Crippen LogP contribution in [-0.2, 0) is 36.7 Å². The Morgan fingerprint density at radius 1 is 0.844 bits per heavy atom. The SMILES string of the molecule is Nc1nc2c(ncn2[C@H]2O[C@H]3COP(=O)(O)O[C@@H]4[C@H](F)[C@@H](n5cnc6c(N)ncnc65)O[C@H]4COP(=O)(O)O[C@H]2[C@H]3F)c(=O)[nH]1. The number of hydrogen-bond donors (Lipinski definition) is 5. The largest absolute Gasteiger partial charge is 0.472 e. The summed E-state index contributed by atoms with van der Waals surface area (Å²) in [5, 5.41) is 0. The quantitative estimate of drug-likeness (QED) is 0.169. The molecule has 21 nitrogen and oxygen atoms in total. The molecule has 2 bridgehead atoms. The van der Waals surface area contributed by atoms with E-state index in [0.717, 1.165) is 28.1 Å². The first-order valence-electron chi connectivity index (χ1n) is 12.9. The standard InChI is InChI=1S/C20H22F2N10O11P2/c21-8-6-1-38-44(34,35)42-12-7(41-18(9(12)22)31-4-27-10-14(23)25-3-26-15(10)31)2-39-45(36,37)43-13(8)19(40-6)32-5-28-11-16(32)29-20(24)30-17(11)33/h3-9,12-13,18-19H,1-2H2,(H,34,35)(H,36,37)(H2,23,25,26)(H3,24,29,30,33)/t6-,7-,8-,9-,12-,13-,18-,19-/m0/s1. The van der Waals surface area contributed by atoms with Crippen LogP contribution in [0.1, 0.15) is 12.5 Å². The second kappa shape index (κ2) is 10.8. The lowest BCUT2D eigenvalue weighted by Gasteiger charge is -2.25. The summed E-state index contributed by atoms with van der Waals surface area (Å²) in [6.07, 6.45) is -11.8. The summed E-state index contributed by atoms with van der Waals surface area (Å²) in [6.45, 7) is -1.94. The molecule has 0 spiro atoms. The Kier molecular flexibility index (Phi) is 7.24. The molecule has 25 heteroatoms. The summed E-state index contributed by atoms with van der Waals surface area (Å²) < 4.78 is 91.3. The number of phosphoric ester groups is 2. The highest BCUT2D eigenvalue weighted by atomic mass is 31.2. The van der Waals surface area contributed by atoms with Crippen molar-refractivity contribution in [3.8, 4) is 0 Å². The van der Waals surface area contributed by atoms with Gasteiger partial charge in [0.25, 0.3) is 5.56 Å². The van der Waals surface area contributed by atoms with Crippen LogP contribution in [0.4, 0.5) is 20.5 Å². The van der Waals surface area contributed by atoms with Gasteiger partial charge in [0.1, 0.15) is 36.3 Å². The molecular weight excluding hydrogens is 656 g/mol. The molecule has 242 valence electrons. The molecule has 0 aliphatic carbocycles. The Hall–Kier alpha value is -3.50. The molecule has 3 saturated heterocycles. The highest BCUT2D eigenvalue weighted by Gasteiger charge is 2.55. The van der Waals surface area contributed by atoms with Gasteiger partial charge in [-0.25, -0.2) is 37.8 Å². The molecule has 3 aliphatic rings. The van der Waals surface area contributed by atoms with Crippen molar-refractivity contribution in [3.05, 3.63) is 29.3 Å². The Morgan fingerprint density at radius 2 is 1.47 bits per heavy atom. The number of nitrogens with zero attached hydrogens (tertiary/aromatic N) is 7. The number of fused-ring (bicyclic) bond motifs is 5. The maximum absolute atomic E-state index is 15.9. The van der Waals surface area contributed by atoms with Crippen molar-refractivity contribution in [3.63, 3.8) is 0 Å². The minimum atomic E-state index is -5.23. The van der Waals surface area contributed by atoms with Crippen LogP contribution in [0.5, 0.6) is 0 Å². The molecule has 10 atom stereocenters. The van der Waals surface area contributed by atoms with E-state index < -0.39 is 83.6 Å². The number of imidazole rings is 2. The molecule has 7 rings (SSSR count). The number of nitrogens with two attached hydrogens (primary N) is 2. The lowest BCUT2D eigenvalue weighted by atomic mass is 10.1. The number of halogens is 2. The number of phosphoric acid groups is 2. The zero-order chi connectivity index (χ0) is 31.8. The number of anilines is 2. The third kappa shape index (κ3) is 5.29. The fourth-order valence-corrected chi connectivity index (χ4v) is 7.11. The molecular formula is C20H22F2N10O11P2. The van der Waals surface area contributed by atoms with Crippen LogP contribution in [0.2, 0.25) is 0 Å². The number of rotatable bonds is 2. The summed E-state index contributed by atoms with van der Waals surface area (Å²) in [7, 11) is -10.4. The number of nitrogens with one attached hydrogen (secondary N) is 1. The molecule has 0 aromatic carbocycles. The molecule has 2 unspecified atom stereocenters. The Bertz CT molecular complexity index is 1940. The Labute approximate surface area is 247 Å². The third-order valence-electron chi connectivity index (χ3n) is 7.23. The summed E-state index contributed by atoms with van der Waals surface area (Å²) in [6, 6.07) is 0. The van der Waals surface area contributed by atoms with Gasteiger partial charge in [0.2, 0.25) is 5.95 Å². The van der Waals surface area contributed by atoms with Crippen LogP contribution in [0.15, 0.2) is 23.8 Å². The van der Waals surface area contributed by atoms with Crippen molar-refractivity contribution >= 4 is 49.7 Å². The second-order valence-corrected chi connectivity index (χ2v) is 12.9. The van der Waals surface area contributed by atoms with Gasteiger partial charge in [-0.1, -0.05) is 0 Å². The van der Waals surface area contributed by atoms with Crippen LogP contribution < -0.4 is 17.0 Å². The summed E-state index contributed by atoms with van der Waals surface area (Å²) in [4.78, 5) is 55.2. The van der Waals surface area contributed by atoms with Crippen LogP contribution in [0, 0.1) is 0 Å². The van der Waals surface area contributed by atoms with E-state index in [2.05, 4.69) is 29.9 Å². The fraction of sp³-hybridized carbons (Fsp3) is 0.500. The lowest BCUT2D eigenvalue weighted by molar-refractivity contribution is -0.0669. The first kappa shape index (κ1) is 30.2. The maximum Gasteiger partial charge on any atom is 0.472 e. The van der Waals surface area contributed by atoms with Crippen LogP contribution >= 0.6 is 15.6 Å². The van der Waals surface area contributed by atoms with Gasteiger partial charge < -0.3 is 30.7 Å². The number of aromatic nitrogens is 8. The molecule has 4 aromatic heterocycles. The number of nitrogen functional groups attached to an aromatic ring is 2. The molecule has 3 fully saturated rings. The number of H-pyrrole nitrogens is 1. The number of hydrogen-bond acceptors (Lipinski definition) is 16. The highest BCUT2D eigenvalue weighted by molar-refractivity contribution is 7.47. The van der Waals surface area contributed by atoms with E-state index in [1.807, 2.05) is 0 Å². The van der Waals surface area contributed by atoms with Gasteiger partial charge in [-0.2, -0.15) is 4.98 Å². The molecule has 4 aromatic rings. The minimum Gasteiger partial charge on any atom is -0.382 e. The van der Waals surface area contributed by atoms with E-state index in [-0.39, 0.29) is 34.1 Å². The average Bonchev–Trinajstić information content (AvgIpc) is 3.72. The summed E-state index contributed by atoms with van der Waals surface area (Å²) in [5.74, 6) is -0.342. The smallest absolute Gasteiger partial charge is 0.382 e. The highest BCUT2D eigenvalue weighted by Crippen LogP contribution is 2.54. The van der Waals surface area contributed by atoms with E-state index in [1.54, 1.807) is 0 Å². The second-order valence-electron chi connectivity index (χ2n) is 10.0. The first-order valence-corrected chi connectivity index (χ1v) is 15.9. The van der Waals surface area contributed by atoms with Crippen LogP contribution in [-0.4, -0.2) is 98.8 Å². The molecule has 3 aliphatic heterocycles. The van der Waals surface area contributed by atoms with E-state index in [4.69, 9.17) is 39.0 Å². The Balaban J connectivity index is 1.21. The van der Waals surface area contributed by atoms with Crippen molar-refractivity contribution in [2.24, 2.45) is 0 Å². The lowest BCUT2D eigenvalue weighted by Crippen LogP contribution is -2.34. The minimum absolute atomic E-state index is 0.0167. The van der Waals surface area contributed by atoms with Crippen LogP contribution in [0.25, 0.3) is 22.3 Å². The number of ether oxygens (including phenoxy) is 2. The van der Waals surface area contributed by atoms with Crippen LogP contribution in [0.3, 0.4) is 0 Å². The van der Waals surface area contributed by atoms with Gasteiger partial charge in [0.15, 0.2) is 47.4 Å². The molecule has 7 N–H and O–H groups in total. The Morgan fingerprint density at radius 3 is 2.20 bits per heavy atom. The monoisotopic (exact) mass is 678 g/mol. The van der Waals surface area contributed by atoms with Gasteiger partial charge in [-0.15, -0.1) is 0 Å². The topological polar surface area (TPSA) is 289 Å². The van der Waals surface area contributed by atoms with Gasteiger partial charge in [0.05, 0.1) is 25.9 Å². The van der Waals surface area contributed by atoms with E-state index >= 15 is 8.78 Å². The fourth-order valence-electron chi connectivity index (χ4n) is 5.23. The van der Waals surface area contributed by atoms with Gasteiger partial charge in [-0.3, -0.25) is 37.0 Å². The molecule has 0 saturated carbocycles.